The minimum Gasteiger partial charge on any atom is -0.492 e. The number of benzene rings is 2. The molecule has 0 fully saturated rings. The molecule has 0 aliphatic carbocycles. The van der Waals surface area contributed by atoms with Gasteiger partial charge in [-0.2, -0.15) is 0 Å². The normalized spacial score (nSPS) is 10.2. The molecular weight excluding hydrogens is 312 g/mol. The second kappa shape index (κ2) is 8.44. The number of nitrogens with one attached hydrogen (secondary N) is 2. The van der Waals surface area contributed by atoms with E-state index in [1.54, 1.807) is 12.1 Å². The van der Waals surface area contributed by atoms with Gasteiger partial charge < -0.3 is 15.4 Å². The van der Waals surface area contributed by atoms with E-state index in [-0.39, 0.29) is 6.03 Å². The second-order valence-electron chi connectivity index (χ2n) is 5.33. The van der Waals surface area contributed by atoms with Gasteiger partial charge in [-0.1, -0.05) is 29.8 Å². The summed E-state index contributed by atoms with van der Waals surface area (Å²) in [5.41, 5.74) is 3.42. The highest BCUT2D eigenvalue weighted by Gasteiger charge is 2.01. The van der Waals surface area contributed by atoms with Gasteiger partial charge in [-0.05, 0) is 54.8 Å². The first-order valence-electron chi connectivity index (χ1n) is 7.51. The van der Waals surface area contributed by atoms with Crippen molar-refractivity contribution in [2.45, 2.75) is 20.4 Å². The van der Waals surface area contributed by atoms with Gasteiger partial charge in [0.1, 0.15) is 12.4 Å². The molecule has 23 heavy (non-hydrogen) atoms. The quantitative estimate of drug-likeness (QED) is 0.790. The van der Waals surface area contributed by atoms with E-state index in [9.17, 15) is 4.79 Å². The zero-order chi connectivity index (χ0) is 16.7. The first-order valence-corrected chi connectivity index (χ1v) is 7.88. The molecule has 2 rings (SSSR count). The smallest absolute Gasteiger partial charge is 0.315 e. The number of rotatable bonds is 6. The maximum atomic E-state index is 11.7. The number of halogens is 1. The third-order valence-corrected chi connectivity index (χ3v) is 3.75. The fourth-order valence-corrected chi connectivity index (χ4v) is 2.11. The average molecular weight is 333 g/mol. The predicted octanol–water partition coefficient (Wildman–Crippen LogP) is 3.84. The molecule has 5 heteroatoms. The summed E-state index contributed by atoms with van der Waals surface area (Å²) >= 11 is 5.81. The number of amides is 2. The Kier molecular flexibility index (Phi) is 6.29. The van der Waals surface area contributed by atoms with Crippen molar-refractivity contribution >= 4 is 17.6 Å². The number of aryl methyl sites for hydroxylation is 2. The molecule has 0 aliphatic heterocycles. The molecule has 0 spiro atoms. The van der Waals surface area contributed by atoms with Gasteiger partial charge in [-0.25, -0.2) is 4.79 Å². The molecule has 0 aromatic heterocycles. The zero-order valence-electron chi connectivity index (χ0n) is 13.4. The molecule has 0 heterocycles. The molecule has 0 atom stereocenters. The lowest BCUT2D eigenvalue weighted by Gasteiger charge is -2.10. The van der Waals surface area contributed by atoms with Gasteiger partial charge >= 0.3 is 6.03 Å². The molecule has 0 saturated carbocycles. The van der Waals surface area contributed by atoms with Gasteiger partial charge in [0, 0.05) is 11.6 Å². The molecule has 0 bridgehead atoms. The van der Waals surface area contributed by atoms with Crippen LogP contribution in [-0.4, -0.2) is 19.2 Å². The summed E-state index contributed by atoms with van der Waals surface area (Å²) in [6.07, 6.45) is 0. The topological polar surface area (TPSA) is 50.4 Å². The van der Waals surface area contributed by atoms with Crippen LogP contribution in [0.1, 0.15) is 16.7 Å². The first kappa shape index (κ1) is 17.2. The Labute approximate surface area is 141 Å². The highest BCUT2D eigenvalue weighted by molar-refractivity contribution is 6.30. The van der Waals surface area contributed by atoms with Crippen LogP contribution in [-0.2, 0) is 6.54 Å². The highest BCUT2D eigenvalue weighted by atomic mass is 35.5. The van der Waals surface area contributed by atoms with Gasteiger partial charge in [0.25, 0.3) is 0 Å². The van der Waals surface area contributed by atoms with Crippen LogP contribution in [0.2, 0.25) is 5.02 Å². The number of carbonyl (C=O) groups is 1. The number of ether oxygens (including phenoxy) is 1. The Hall–Kier alpha value is -2.20. The molecular formula is C18H21ClN2O2. The van der Waals surface area contributed by atoms with Gasteiger partial charge in [0.2, 0.25) is 0 Å². The Bertz CT molecular complexity index is 657. The molecule has 0 saturated heterocycles. The number of hydrogen-bond donors (Lipinski definition) is 2. The Morgan fingerprint density at radius 3 is 2.48 bits per heavy atom. The molecule has 122 valence electrons. The van der Waals surface area contributed by atoms with Gasteiger partial charge in [-0.3, -0.25) is 0 Å². The molecule has 4 nitrogen and oxygen atoms in total. The lowest BCUT2D eigenvalue weighted by Crippen LogP contribution is -2.37. The van der Waals surface area contributed by atoms with E-state index >= 15 is 0 Å². The molecule has 2 aromatic rings. The summed E-state index contributed by atoms with van der Waals surface area (Å²) in [6.45, 7) is 5.44. The van der Waals surface area contributed by atoms with Crippen LogP contribution < -0.4 is 15.4 Å². The minimum absolute atomic E-state index is 0.219. The SMILES string of the molecule is Cc1ccc(OCCNC(=O)NCc2ccc(Cl)cc2)cc1C. The van der Waals surface area contributed by atoms with Crippen LogP contribution >= 0.6 is 11.6 Å². The zero-order valence-corrected chi connectivity index (χ0v) is 14.1. The number of hydrogen-bond acceptors (Lipinski definition) is 2. The second-order valence-corrected chi connectivity index (χ2v) is 5.77. The van der Waals surface area contributed by atoms with Crippen molar-refractivity contribution < 1.29 is 9.53 Å². The van der Waals surface area contributed by atoms with Gasteiger partial charge in [-0.15, -0.1) is 0 Å². The fourth-order valence-electron chi connectivity index (χ4n) is 1.98. The molecule has 0 unspecified atom stereocenters. The molecule has 2 N–H and O–H groups in total. The van der Waals surface area contributed by atoms with Crippen molar-refractivity contribution in [3.05, 3.63) is 64.2 Å². The summed E-state index contributed by atoms with van der Waals surface area (Å²) in [6, 6.07) is 13.1. The number of urea groups is 1. The van der Waals surface area contributed by atoms with Crippen LogP contribution in [0.5, 0.6) is 5.75 Å². The maximum absolute atomic E-state index is 11.7. The van der Waals surface area contributed by atoms with Crippen LogP contribution in [0.15, 0.2) is 42.5 Å². The lowest BCUT2D eigenvalue weighted by molar-refractivity contribution is 0.236. The van der Waals surface area contributed by atoms with Crippen molar-refractivity contribution in [1.82, 2.24) is 10.6 Å². The lowest BCUT2D eigenvalue weighted by atomic mass is 10.1. The van der Waals surface area contributed by atoms with Crippen molar-refractivity contribution in [2.24, 2.45) is 0 Å². The third-order valence-electron chi connectivity index (χ3n) is 3.50. The van der Waals surface area contributed by atoms with E-state index in [1.165, 1.54) is 11.1 Å². The van der Waals surface area contributed by atoms with Gasteiger partial charge in [0.15, 0.2) is 0 Å². The van der Waals surface area contributed by atoms with Crippen LogP contribution in [0.25, 0.3) is 0 Å². The largest absolute Gasteiger partial charge is 0.492 e. The summed E-state index contributed by atoms with van der Waals surface area (Å²) in [7, 11) is 0. The molecule has 0 aliphatic rings. The minimum atomic E-state index is -0.219. The van der Waals surface area contributed by atoms with E-state index in [0.717, 1.165) is 11.3 Å². The van der Waals surface area contributed by atoms with E-state index < -0.39 is 0 Å². The highest BCUT2D eigenvalue weighted by Crippen LogP contribution is 2.16. The summed E-state index contributed by atoms with van der Waals surface area (Å²) in [5.74, 6) is 0.816. The van der Waals surface area contributed by atoms with E-state index in [0.29, 0.717) is 24.7 Å². The van der Waals surface area contributed by atoms with Crippen molar-refractivity contribution in [2.75, 3.05) is 13.2 Å². The standard InChI is InChI=1S/C18H21ClN2O2/c1-13-3-8-17(11-14(13)2)23-10-9-20-18(22)21-12-15-4-6-16(19)7-5-15/h3-8,11H,9-10,12H2,1-2H3,(H2,20,21,22). The Morgan fingerprint density at radius 2 is 1.78 bits per heavy atom. The maximum Gasteiger partial charge on any atom is 0.315 e. The van der Waals surface area contributed by atoms with Crippen LogP contribution in [0, 0.1) is 13.8 Å². The summed E-state index contributed by atoms with van der Waals surface area (Å²) in [4.78, 5) is 11.7. The fraction of sp³-hybridized carbons (Fsp3) is 0.278. The third kappa shape index (κ3) is 5.83. The molecule has 0 radical (unpaired) electrons. The van der Waals surface area contributed by atoms with Crippen molar-refractivity contribution in [1.29, 1.82) is 0 Å². The average Bonchev–Trinajstić information content (AvgIpc) is 2.54. The van der Waals surface area contributed by atoms with Crippen molar-refractivity contribution in [3.8, 4) is 5.75 Å². The van der Waals surface area contributed by atoms with Crippen molar-refractivity contribution in [3.63, 3.8) is 0 Å². The van der Waals surface area contributed by atoms with Gasteiger partial charge in [0.05, 0.1) is 6.54 Å². The van der Waals surface area contributed by atoms with Crippen LogP contribution in [0.4, 0.5) is 4.79 Å². The number of carbonyl (C=O) groups excluding carboxylic acids is 1. The molecule has 2 amide bonds. The Morgan fingerprint density at radius 1 is 1.04 bits per heavy atom. The summed E-state index contributed by atoms with van der Waals surface area (Å²) < 4.78 is 5.61. The summed E-state index contributed by atoms with van der Waals surface area (Å²) in [5, 5.41) is 6.23. The van der Waals surface area contributed by atoms with E-state index in [1.807, 2.05) is 37.3 Å². The molecule has 2 aromatic carbocycles. The first-order chi connectivity index (χ1) is 11.0. The van der Waals surface area contributed by atoms with Crippen LogP contribution in [0.3, 0.4) is 0 Å². The predicted molar refractivity (Wildman–Crippen MR) is 93.1 cm³/mol. The van der Waals surface area contributed by atoms with E-state index in [4.69, 9.17) is 16.3 Å². The van der Waals surface area contributed by atoms with E-state index in [2.05, 4.69) is 17.6 Å². The monoisotopic (exact) mass is 332 g/mol. The Balaban J connectivity index is 1.64.